The van der Waals surface area contributed by atoms with Crippen molar-refractivity contribution in [2.75, 3.05) is 39.5 Å². The number of carbonyl (C=O) groups excluding carboxylic acids is 1. The summed E-state index contributed by atoms with van der Waals surface area (Å²) in [4.78, 5) is 14.9. The van der Waals surface area contributed by atoms with E-state index in [0.29, 0.717) is 12.6 Å². The number of ether oxygens (including phenoxy) is 2. The van der Waals surface area contributed by atoms with Crippen molar-refractivity contribution in [3.8, 4) is 0 Å². The average Bonchev–Trinajstić information content (AvgIpc) is 2.69. The fourth-order valence-electron chi connectivity index (χ4n) is 3.79. The molecule has 0 radical (unpaired) electrons. The molecule has 0 aliphatic carbocycles. The predicted octanol–water partition coefficient (Wildman–Crippen LogP) is 2.25. The Balaban J connectivity index is 1.44. The van der Waals surface area contributed by atoms with Crippen LogP contribution in [0.3, 0.4) is 0 Å². The number of rotatable bonds is 6. The lowest BCUT2D eigenvalue weighted by Gasteiger charge is -2.39. The molecule has 2 fully saturated rings. The second-order valence-corrected chi connectivity index (χ2v) is 6.89. The summed E-state index contributed by atoms with van der Waals surface area (Å²) in [5, 5.41) is 3.06. The summed E-state index contributed by atoms with van der Waals surface area (Å²) in [6.45, 7) is 7.24. The van der Waals surface area contributed by atoms with Crippen LogP contribution in [0.5, 0.6) is 0 Å². The molecule has 2 saturated heterocycles. The lowest BCUT2D eigenvalue weighted by atomic mass is 10.0. The monoisotopic (exact) mass is 346 g/mol. The highest BCUT2D eigenvalue weighted by Crippen LogP contribution is 2.18. The molecule has 2 heterocycles. The number of hydrogen-bond acceptors (Lipinski definition) is 4. The quantitative estimate of drug-likeness (QED) is 0.858. The predicted molar refractivity (Wildman–Crippen MR) is 97.9 cm³/mol. The van der Waals surface area contributed by atoms with Crippen LogP contribution in [0.25, 0.3) is 0 Å². The molecule has 0 unspecified atom stereocenters. The standard InChI is InChI=1S/C20H30N2O3/c1-2-16-5-3-4-6-19(16)20(23)21-10-7-18-15-22(11-14-25-18)17-8-12-24-13-9-17/h3-6,17-18H,2,7-15H2,1H3,(H,21,23)/t18-/m0/s1. The van der Waals surface area contributed by atoms with Crippen molar-refractivity contribution in [1.29, 1.82) is 0 Å². The third-order valence-electron chi connectivity index (χ3n) is 5.27. The minimum atomic E-state index is 0.0227. The Morgan fingerprint density at radius 3 is 2.84 bits per heavy atom. The first-order valence-electron chi connectivity index (χ1n) is 9.57. The van der Waals surface area contributed by atoms with Gasteiger partial charge in [0.15, 0.2) is 0 Å². The normalized spacial score (nSPS) is 22.7. The number of morpholine rings is 1. The molecule has 2 aliphatic rings. The summed E-state index contributed by atoms with van der Waals surface area (Å²) in [5.41, 5.74) is 1.89. The summed E-state index contributed by atoms with van der Waals surface area (Å²) in [7, 11) is 0. The van der Waals surface area contributed by atoms with Crippen molar-refractivity contribution in [3.63, 3.8) is 0 Å². The van der Waals surface area contributed by atoms with Crippen molar-refractivity contribution < 1.29 is 14.3 Å². The average molecular weight is 346 g/mol. The third-order valence-corrected chi connectivity index (χ3v) is 5.27. The summed E-state index contributed by atoms with van der Waals surface area (Å²) in [6.07, 6.45) is 4.18. The lowest BCUT2D eigenvalue weighted by molar-refractivity contribution is -0.0636. The zero-order valence-electron chi connectivity index (χ0n) is 15.2. The van der Waals surface area contributed by atoms with Gasteiger partial charge in [-0.2, -0.15) is 0 Å². The number of carbonyl (C=O) groups is 1. The summed E-state index contributed by atoms with van der Waals surface area (Å²) in [5.74, 6) is 0.0227. The molecule has 138 valence electrons. The van der Waals surface area contributed by atoms with Gasteiger partial charge in [0.05, 0.1) is 12.7 Å². The molecule has 25 heavy (non-hydrogen) atoms. The number of nitrogens with zero attached hydrogens (tertiary/aromatic N) is 1. The van der Waals surface area contributed by atoms with Gasteiger partial charge in [-0.1, -0.05) is 25.1 Å². The van der Waals surface area contributed by atoms with E-state index < -0.39 is 0 Å². The first-order valence-corrected chi connectivity index (χ1v) is 9.57. The maximum absolute atomic E-state index is 12.4. The van der Waals surface area contributed by atoms with Gasteiger partial charge in [-0.15, -0.1) is 0 Å². The van der Waals surface area contributed by atoms with E-state index in [1.807, 2.05) is 24.3 Å². The van der Waals surface area contributed by atoms with Crippen molar-refractivity contribution in [2.45, 2.75) is 44.8 Å². The van der Waals surface area contributed by atoms with E-state index in [2.05, 4.69) is 17.1 Å². The Kier molecular flexibility index (Phi) is 6.84. The van der Waals surface area contributed by atoms with E-state index in [-0.39, 0.29) is 12.0 Å². The largest absolute Gasteiger partial charge is 0.381 e. The van der Waals surface area contributed by atoms with Crippen LogP contribution in [0.15, 0.2) is 24.3 Å². The molecular formula is C20H30N2O3. The van der Waals surface area contributed by atoms with E-state index in [9.17, 15) is 4.79 Å². The number of hydrogen-bond donors (Lipinski definition) is 1. The second kappa shape index (κ2) is 9.32. The summed E-state index contributed by atoms with van der Waals surface area (Å²) >= 11 is 0. The van der Waals surface area contributed by atoms with Crippen LogP contribution in [-0.2, 0) is 15.9 Å². The van der Waals surface area contributed by atoms with Crippen molar-refractivity contribution in [3.05, 3.63) is 35.4 Å². The van der Waals surface area contributed by atoms with Crippen LogP contribution in [0.1, 0.15) is 42.1 Å². The Morgan fingerprint density at radius 1 is 1.24 bits per heavy atom. The molecule has 0 aromatic heterocycles. The molecule has 0 bridgehead atoms. The lowest BCUT2D eigenvalue weighted by Crippen LogP contribution is -2.50. The zero-order valence-corrected chi connectivity index (χ0v) is 15.2. The van der Waals surface area contributed by atoms with Crippen LogP contribution in [0.2, 0.25) is 0 Å². The Bertz CT molecular complexity index is 558. The highest BCUT2D eigenvalue weighted by molar-refractivity contribution is 5.95. The number of amides is 1. The molecule has 5 heteroatoms. The zero-order chi connectivity index (χ0) is 17.5. The molecule has 1 amide bonds. The van der Waals surface area contributed by atoms with Gasteiger partial charge in [0.2, 0.25) is 0 Å². The minimum absolute atomic E-state index is 0.0227. The van der Waals surface area contributed by atoms with Gasteiger partial charge in [-0.05, 0) is 37.3 Å². The van der Waals surface area contributed by atoms with Crippen LogP contribution < -0.4 is 5.32 Å². The number of benzene rings is 1. The molecule has 1 N–H and O–H groups in total. The van der Waals surface area contributed by atoms with E-state index in [1.54, 1.807) is 0 Å². The van der Waals surface area contributed by atoms with Gasteiger partial charge in [-0.25, -0.2) is 0 Å². The maximum atomic E-state index is 12.4. The van der Waals surface area contributed by atoms with Crippen molar-refractivity contribution >= 4 is 5.91 Å². The summed E-state index contributed by atoms with van der Waals surface area (Å²) in [6, 6.07) is 8.45. The Labute approximate surface area is 150 Å². The topological polar surface area (TPSA) is 50.8 Å². The van der Waals surface area contributed by atoms with Crippen LogP contribution in [0.4, 0.5) is 0 Å². The van der Waals surface area contributed by atoms with Gasteiger partial charge in [0.1, 0.15) is 0 Å². The second-order valence-electron chi connectivity index (χ2n) is 6.89. The summed E-state index contributed by atoms with van der Waals surface area (Å²) < 4.78 is 11.4. The molecule has 0 saturated carbocycles. The Hall–Kier alpha value is -1.43. The third kappa shape index (κ3) is 5.03. The minimum Gasteiger partial charge on any atom is -0.381 e. The molecule has 5 nitrogen and oxygen atoms in total. The van der Waals surface area contributed by atoms with Crippen LogP contribution >= 0.6 is 0 Å². The maximum Gasteiger partial charge on any atom is 0.251 e. The van der Waals surface area contributed by atoms with Gasteiger partial charge in [-0.3, -0.25) is 9.69 Å². The van der Waals surface area contributed by atoms with Crippen molar-refractivity contribution in [1.82, 2.24) is 10.2 Å². The smallest absolute Gasteiger partial charge is 0.251 e. The highest BCUT2D eigenvalue weighted by Gasteiger charge is 2.27. The van der Waals surface area contributed by atoms with Gasteiger partial charge < -0.3 is 14.8 Å². The SMILES string of the molecule is CCc1ccccc1C(=O)NCC[C@H]1CN(C2CCOCC2)CCO1. The molecular weight excluding hydrogens is 316 g/mol. The molecule has 1 atom stereocenters. The Morgan fingerprint density at radius 2 is 2.04 bits per heavy atom. The van der Waals surface area contributed by atoms with E-state index in [1.165, 1.54) is 0 Å². The van der Waals surface area contributed by atoms with E-state index in [4.69, 9.17) is 9.47 Å². The first kappa shape index (κ1) is 18.4. The first-order chi connectivity index (χ1) is 12.3. The molecule has 0 spiro atoms. The molecule has 3 rings (SSSR count). The molecule has 1 aromatic carbocycles. The van der Waals surface area contributed by atoms with Crippen molar-refractivity contribution in [2.24, 2.45) is 0 Å². The molecule has 1 aromatic rings. The van der Waals surface area contributed by atoms with Crippen LogP contribution in [-0.4, -0.2) is 62.4 Å². The highest BCUT2D eigenvalue weighted by atomic mass is 16.5. The van der Waals surface area contributed by atoms with Gasteiger partial charge >= 0.3 is 0 Å². The van der Waals surface area contributed by atoms with Gasteiger partial charge in [0.25, 0.3) is 5.91 Å². The fraction of sp³-hybridized carbons (Fsp3) is 0.650. The molecule has 2 aliphatic heterocycles. The van der Waals surface area contributed by atoms with E-state index >= 15 is 0 Å². The number of nitrogens with one attached hydrogen (secondary N) is 1. The van der Waals surface area contributed by atoms with Crippen LogP contribution in [0, 0.1) is 0 Å². The fourth-order valence-corrected chi connectivity index (χ4v) is 3.79. The van der Waals surface area contributed by atoms with E-state index in [0.717, 1.165) is 69.7 Å². The van der Waals surface area contributed by atoms with Gasteiger partial charge in [0, 0.05) is 44.5 Å². The number of aryl methyl sites for hydroxylation is 1.